The lowest BCUT2D eigenvalue weighted by Gasteiger charge is -2.41. The molecule has 0 aromatic heterocycles. The molecule has 1 aromatic carbocycles. The van der Waals surface area contributed by atoms with Crippen molar-refractivity contribution in [1.29, 1.82) is 0 Å². The van der Waals surface area contributed by atoms with Gasteiger partial charge in [0.1, 0.15) is 12.1 Å². The molecule has 2 atom stereocenters. The van der Waals surface area contributed by atoms with Gasteiger partial charge in [-0.15, -0.1) is 0 Å². The van der Waals surface area contributed by atoms with Gasteiger partial charge in [0.05, 0.1) is 0 Å². The van der Waals surface area contributed by atoms with Crippen LogP contribution < -0.4 is 5.32 Å². The Morgan fingerprint density at radius 1 is 1.14 bits per heavy atom. The predicted octanol–water partition coefficient (Wildman–Crippen LogP) is 1.89. The third-order valence-electron chi connectivity index (χ3n) is 4.67. The van der Waals surface area contributed by atoms with Crippen molar-refractivity contribution in [3.63, 3.8) is 0 Å². The molecule has 1 aliphatic heterocycles. The van der Waals surface area contributed by atoms with Gasteiger partial charge in [0.15, 0.2) is 0 Å². The standard InChI is InChI=1S/C17H22N2O2/c1-12-16(20)18-15(11-13-7-3-2-4-8-13)17(21)19(12)14-9-5-6-10-14/h2-4,7-8,12,14-15H,5-6,9-11H2,1H3,(H,18,20). The number of nitrogens with zero attached hydrogens (tertiary/aromatic N) is 1. The lowest BCUT2D eigenvalue weighted by molar-refractivity contribution is -0.151. The highest BCUT2D eigenvalue weighted by molar-refractivity contribution is 5.97. The van der Waals surface area contributed by atoms with Crippen LogP contribution in [-0.4, -0.2) is 34.8 Å². The van der Waals surface area contributed by atoms with Crippen LogP contribution in [-0.2, 0) is 16.0 Å². The van der Waals surface area contributed by atoms with Gasteiger partial charge in [0, 0.05) is 12.5 Å². The van der Waals surface area contributed by atoms with E-state index in [-0.39, 0.29) is 23.9 Å². The Hall–Kier alpha value is -1.84. The Bertz CT molecular complexity index is 523. The van der Waals surface area contributed by atoms with Crippen LogP contribution in [0.4, 0.5) is 0 Å². The van der Waals surface area contributed by atoms with E-state index in [9.17, 15) is 9.59 Å². The highest BCUT2D eigenvalue weighted by atomic mass is 16.2. The van der Waals surface area contributed by atoms with Gasteiger partial charge in [-0.3, -0.25) is 9.59 Å². The van der Waals surface area contributed by atoms with Crippen molar-refractivity contribution in [3.05, 3.63) is 35.9 Å². The molecule has 1 N–H and O–H groups in total. The average molecular weight is 286 g/mol. The first-order valence-corrected chi connectivity index (χ1v) is 7.83. The van der Waals surface area contributed by atoms with Gasteiger partial charge in [-0.25, -0.2) is 0 Å². The molecule has 21 heavy (non-hydrogen) atoms. The molecule has 1 heterocycles. The van der Waals surface area contributed by atoms with Crippen LogP contribution in [0.2, 0.25) is 0 Å². The summed E-state index contributed by atoms with van der Waals surface area (Å²) in [6, 6.07) is 9.36. The van der Waals surface area contributed by atoms with E-state index in [1.54, 1.807) is 0 Å². The first-order valence-electron chi connectivity index (χ1n) is 7.83. The molecule has 1 aromatic rings. The molecular weight excluding hydrogens is 264 g/mol. The second-order valence-corrected chi connectivity index (χ2v) is 6.11. The van der Waals surface area contributed by atoms with Gasteiger partial charge in [-0.05, 0) is 25.3 Å². The topological polar surface area (TPSA) is 49.4 Å². The summed E-state index contributed by atoms with van der Waals surface area (Å²) < 4.78 is 0. The molecule has 1 aliphatic carbocycles. The van der Waals surface area contributed by atoms with Crippen molar-refractivity contribution in [2.75, 3.05) is 0 Å². The summed E-state index contributed by atoms with van der Waals surface area (Å²) in [4.78, 5) is 26.8. The number of piperazine rings is 1. The summed E-state index contributed by atoms with van der Waals surface area (Å²) in [5.41, 5.74) is 1.08. The van der Waals surface area contributed by atoms with Crippen molar-refractivity contribution in [2.45, 2.75) is 57.2 Å². The van der Waals surface area contributed by atoms with E-state index in [1.807, 2.05) is 42.2 Å². The number of carbonyl (C=O) groups excluding carboxylic acids is 2. The predicted molar refractivity (Wildman–Crippen MR) is 80.6 cm³/mol. The molecule has 0 bridgehead atoms. The highest BCUT2D eigenvalue weighted by Crippen LogP contribution is 2.27. The second kappa shape index (κ2) is 5.88. The highest BCUT2D eigenvalue weighted by Gasteiger charge is 2.41. The monoisotopic (exact) mass is 286 g/mol. The molecule has 112 valence electrons. The second-order valence-electron chi connectivity index (χ2n) is 6.11. The fraction of sp³-hybridized carbons (Fsp3) is 0.529. The van der Waals surface area contributed by atoms with E-state index in [4.69, 9.17) is 0 Å². The van der Waals surface area contributed by atoms with E-state index in [0.717, 1.165) is 31.2 Å². The SMILES string of the molecule is CC1C(=O)NC(Cc2ccccc2)C(=O)N1C1CCCC1. The smallest absolute Gasteiger partial charge is 0.246 e. The maximum Gasteiger partial charge on any atom is 0.246 e. The number of benzene rings is 1. The number of amides is 2. The van der Waals surface area contributed by atoms with Crippen LogP contribution in [0.3, 0.4) is 0 Å². The summed E-state index contributed by atoms with van der Waals surface area (Å²) in [6.07, 6.45) is 4.95. The van der Waals surface area contributed by atoms with Gasteiger partial charge >= 0.3 is 0 Å². The van der Waals surface area contributed by atoms with Gasteiger partial charge in [0.25, 0.3) is 0 Å². The Labute approximate surface area is 125 Å². The fourth-order valence-corrected chi connectivity index (χ4v) is 3.52. The van der Waals surface area contributed by atoms with Gasteiger partial charge in [-0.1, -0.05) is 43.2 Å². The van der Waals surface area contributed by atoms with Gasteiger partial charge in [-0.2, -0.15) is 0 Å². The summed E-state index contributed by atoms with van der Waals surface area (Å²) in [5, 5.41) is 2.89. The van der Waals surface area contributed by atoms with Crippen LogP contribution in [0.5, 0.6) is 0 Å². The molecular formula is C17H22N2O2. The minimum absolute atomic E-state index is 0.0255. The van der Waals surface area contributed by atoms with Gasteiger partial charge in [0.2, 0.25) is 11.8 Å². The van der Waals surface area contributed by atoms with Crippen LogP contribution in [0, 0.1) is 0 Å². The van der Waals surface area contributed by atoms with E-state index >= 15 is 0 Å². The van der Waals surface area contributed by atoms with Crippen LogP contribution in [0.25, 0.3) is 0 Å². The van der Waals surface area contributed by atoms with Crippen molar-refractivity contribution in [3.8, 4) is 0 Å². The Balaban J connectivity index is 1.78. The molecule has 4 heteroatoms. The molecule has 2 amide bonds. The summed E-state index contributed by atoms with van der Waals surface area (Å²) in [7, 11) is 0. The van der Waals surface area contributed by atoms with Crippen molar-refractivity contribution in [1.82, 2.24) is 10.2 Å². The number of nitrogens with one attached hydrogen (secondary N) is 1. The fourth-order valence-electron chi connectivity index (χ4n) is 3.52. The summed E-state index contributed by atoms with van der Waals surface area (Å²) in [5.74, 6) is 0.0558. The Kier molecular flexibility index (Phi) is 3.95. The lowest BCUT2D eigenvalue weighted by atomic mass is 9.98. The van der Waals surface area contributed by atoms with Crippen LogP contribution in [0.1, 0.15) is 38.2 Å². The zero-order valence-corrected chi connectivity index (χ0v) is 12.4. The van der Waals surface area contributed by atoms with Gasteiger partial charge < -0.3 is 10.2 Å². The van der Waals surface area contributed by atoms with Crippen molar-refractivity contribution in [2.24, 2.45) is 0 Å². The van der Waals surface area contributed by atoms with Crippen molar-refractivity contribution >= 4 is 11.8 Å². The van der Waals surface area contributed by atoms with Crippen LogP contribution >= 0.6 is 0 Å². The zero-order chi connectivity index (χ0) is 14.8. The Morgan fingerprint density at radius 3 is 2.48 bits per heavy atom. The van der Waals surface area contributed by atoms with E-state index < -0.39 is 6.04 Å². The molecule has 0 spiro atoms. The third-order valence-corrected chi connectivity index (χ3v) is 4.67. The largest absolute Gasteiger partial charge is 0.342 e. The summed E-state index contributed by atoms with van der Waals surface area (Å²) in [6.45, 7) is 1.84. The number of carbonyl (C=O) groups is 2. The van der Waals surface area contributed by atoms with E-state index in [1.165, 1.54) is 0 Å². The zero-order valence-electron chi connectivity index (χ0n) is 12.4. The maximum atomic E-state index is 12.8. The van der Waals surface area contributed by atoms with Crippen LogP contribution in [0.15, 0.2) is 30.3 Å². The minimum atomic E-state index is -0.420. The molecule has 2 fully saturated rings. The summed E-state index contributed by atoms with van der Waals surface area (Å²) >= 11 is 0. The molecule has 2 aliphatic rings. The third kappa shape index (κ3) is 2.80. The minimum Gasteiger partial charge on any atom is -0.342 e. The maximum absolute atomic E-state index is 12.8. The lowest BCUT2D eigenvalue weighted by Crippen LogP contribution is -2.65. The first kappa shape index (κ1) is 14.1. The molecule has 1 saturated heterocycles. The quantitative estimate of drug-likeness (QED) is 0.922. The molecule has 1 saturated carbocycles. The first-order chi connectivity index (χ1) is 10.2. The number of hydrogen-bond donors (Lipinski definition) is 1. The molecule has 3 rings (SSSR count). The molecule has 0 radical (unpaired) electrons. The Morgan fingerprint density at radius 2 is 1.81 bits per heavy atom. The average Bonchev–Trinajstić information content (AvgIpc) is 3.00. The van der Waals surface area contributed by atoms with E-state index in [2.05, 4.69) is 5.32 Å². The van der Waals surface area contributed by atoms with E-state index in [0.29, 0.717) is 6.42 Å². The molecule has 4 nitrogen and oxygen atoms in total. The van der Waals surface area contributed by atoms with Crippen molar-refractivity contribution < 1.29 is 9.59 Å². The molecule has 2 unspecified atom stereocenters. The number of rotatable bonds is 3. The normalized spacial score (nSPS) is 27.0. The number of hydrogen-bond acceptors (Lipinski definition) is 2.